The summed E-state index contributed by atoms with van der Waals surface area (Å²) >= 11 is 1.58. The smallest absolute Gasteiger partial charge is 0.223 e. The predicted molar refractivity (Wildman–Crippen MR) is 79.3 cm³/mol. The molecule has 2 N–H and O–H groups in total. The largest absolute Gasteiger partial charge is 0.387 e. The maximum absolute atomic E-state index is 12.0. The number of carbonyl (C=O) groups is 1. The molecule has 1 aromatic carbocycles. The Hall–Kier alpha value is -1.00. The first-order chi connectivity index (χ1) is 9.03. The fraction of sp³-hybridized carbons (Fsp3) is 0.533. The fourth-order valence-corrected chi connectivity index (χ4v) is 3.05. The Morgan fingerprint density at radius 1 is 1.47 bits per heavy atom. The molecule has 4 heteroatoms. The van der Waals surface area contributed by atoms with E-state index in [1.54, 1.807) is 18.7 Å². The molecule has 0 radical (unpaired) electrons. The lowest BCUT2D eigenvalue weighted by atomic mass is 10.1. The molecule has 3 unspecified atom stereocenters. The van der Waals surface area contributed by atoms with Gasteiger partial charge in [-0.3, -0.25) is 4.79 Å². The van der Waals surface area contributed by atoms with Gasteiger partial charge in [0.05, 0.1) is 5.60 Å². The second-order valence-electron chi connectivity index (χ2n) is 5.51. The summed E-state index contributed by atoms with van der Waals surface area (Å²) in [6.07, 6.45) is 2.86. The summed E-state index contributed by atoms with van der Waals surface area (Å²) in [5.41, 5.74) is 0.408. The number of hydrogen-bond donors (Lipinski definition) is 2. The van der Waals surface area contributed by atoms with Gasteiger partial charge in [-0.25, -0.2) is 0 Å². The molecule has 0 heterocycles. The molecule has 0 bridgehead atoms. The molecule has 1 amide bonds. The molecule has 104 valence electrons. The van der Waals surface area contributed by atoms with Crippen molar-refractivity contribution in [2.45, 2.75) is 24.9 Å². The van der Waals surface area contributed by atoms with Crippen LogP contribution in [0.25, 0.3) is 0 Å². The SMILES string of the molecule is CSCC(C)(O)CNC(=O)C1CC1c1ccccc1. The van der Waals surface area contributed by atoms with Crippen LogP contribution in [0, 0.1) is 5.92 Å². The minimum Gasteiger partial charge on any atom is -0.387 e. The number of amides is 1. The van der Waals surface area contributed by atoms with Crippen molar-refractivity contribution in [1.29, 1.82) is 0 Å². The quantitative estimate of drug-likeness (QED) is 0.837. The van der Waals surface area contributed by atoms with Crippen LogP contribution in [0.1, 0.15) is 24.8 Å². The Kier molecular flexibility index (Phi) is 4.53. The first-order valence-electron chi connectivity index (χ1n) is 6.57. The third-order valence-corrected chi connectivity index (χ3v) is 4.36. The average molecular weight is 279 g/mol. The van der Waals surface area contributed by atoms with Gasteiger partial charge in [0.25, 0.3) is 0 Å². The van der Waals surface area contributed by atoms with Gasteiger partial charge in [-0.05, 0) is 31.1 Å². The highest BCUT2D eigenvalue weighted by atomic mass is 32.2. The van der Waals surface area contributed by atoms with Crippen molar-refractivity contribution in [3.63, 3.8) is 0 Å². The Bertz CT molecular complexity index is 433. The summed E-state index contributed by atoms with van der Waals surface area (Å²) in [7, 11) is 0. The van der Waals surface area contributed by atoms with E-state index in [1.807, 2.05) is 24.5 Å². The Morgan fingerprint density at radius 3 is 2.79 bits per heavy atom. The van der Waals surface area contributed by atoms with Crippen molar-refractivity contribution in [1.82, 2.24) is 5.32 Å². The second-order valence-corrected chi connectivity index (χ2v) is 6.37. The summed E-state index contributed by atoms with van der Waals surface area (Å²) in [5, 5.41) is 12.9. The molecule has 2 rings (SSSR count). The minimum atomic E-state index is -0.827. The molecule has 1 aromatic rings. The number of hydrogen-bond acceptors (Lipinski definition) is 3. The van der Waals surface area contributed by atoms with E-state index < -0.39 is 5.60 Å². The molecule has 19 heavy (non-hydrogen) atoms. The van der Waals surface area contributed by atoms with Gasteiger partial charge in [0.15, 0.2) is 0 Å². The van der Waals surface area contributed by atoms with E-state index >= 15 is 0 Å². The Morgan fingerprint density at radius 2 is 2.16 bits per heavy atom. The van der Waals surface area contributed by atoms with Gasteiger partial charge in [0, 0.05) is 18.2 Å². The second kappa shape index (κ2) is 5.97. The summed E-state index contributed by atoms with van der Waals surface area (Å²) in [4.78, 5) is 12.0. The first kappa shape index (κ1) is 14.4. The van der Waals surface area contributed by atoms with Crippen LogP contribution >= 0.6 is 11.8 Å². The van der Waals surface area contributed by atoms with E-state index in [4.69, 9.17) is 0 Å². The van der Waals surface area contributed by atoms with Gasteiger partial charge in [0.2, 0.25) is 5.91 Å². The monoisotopic (exact) mass is 279 g/mol. The van der Waals surface area contributed by atoms with E-state index in [-0.39, 0.29) is 11.8 Å². The Balaban J connectivity index is 1.80. The van der Waals surface area contributed by atoms with Crippen LogP contribution in [0.5, 0.6) is 0 Å². The maximum Gasteiger partial charge on any atom is 0.223 e. The van der Waals surface area contributed by atoms with Crippen molar-refractivity contribution in [2.75, 3.05) is 18.6 Å². The third-order valence-electron chi connectivity index (χ3n) is 3.45. The molecule has 3 atom stereocenters. The average Bonchev–Trinajstić information content (AvgIpc) is 3.17. The van der Waals surface area contributed by atoms with Crippen LogP contribution in [0.3, 0.4) is 0 Å². The van der Waals surface area contributed by atoms with Gasteiger partial charge in [0.1, 0.15) is 0 Å². The van der Waals surface area contributed by atoms with Crippen molar-refractivity contribution < 1.29 is 9.90 Å². The minimum absolute atomic E-state index is 0.0650. The fourth-order valence-electron chi connectivity index (χ4n) is 2.32. The maximum atomic E-state index is 12.0. The van der Waals surface area contributed by atoms with Crippen molar-refractivity contribution in [3.8, 4) is 0 Å². The molecule has 3 nitrogen and oxygen atoms in total. The lowest BCUT2D eigenvalue weighted by Crippen LogP contribution is -2.43. The summed E-state index contributed by atoms with van der Waals surface area (Å²) in [6.45, 7) is 2.08. The Labute approximate surface area is 118 Å². The molecular weight excluding hydrogens is 258 g/mol. The zero-order chi connectivity index (χ0) is 13.9. The van der Waals surface area contributed by atoms with Crippen LogP contribution in [-0.2, 0) is 4.79 Å². The molecule has 1 fully saturated rings. The summed E-state index contributed by atoms with van der Waals surface area (Å²) in [6, 6.07) is 10.1. The highest BCUT2D eigenvalue weighted by Crippen LogP contribution is 2.47. The summed E-state index contributed by atoms with van der Waals surface area (Å²) in [5.74, 6) is 1.12. The van der Waals surface area contributed by atoms with Gasteiger partial charge in [-0.2, -0.15) is 11.8 Å². The standard InChI is InChI=1S/C15H21NO2S/c1-15(18,10-19-2)9-16-14(17)13-8-12(13)11-6-4-3-5-7-11/h3-7,12-13,18H,8-10H2,1-2H3,(H,16,17). The topological polar surface area (TPSA) is 49.3 Å². The highest BCUT2D eigenvalue weighted by molar-refractivity contribution is 7.98. The van der Waals surface area contributed by atoms with Crippen molar-refractivity contribution in [2.24, 2.45) is 5.92 Å². The normalized spacial score (nSPS) is 24.6. The molecule has 0 saturated heterocycles. The van der Waals surface area contributed by atoms with Crippen LogP contribution < -0.4 is 5.32 Å². The molecule has 0 aromatic heterocycles. The third kappa shape index (κ3) is 3.98. The van der Waals surface area contributed by atoms with Gasteiger partial charge in [-0.1, -0.05) is 30.3 Å². The zero-order valence-electron chi connectivity index (χ0n) is 11.4. The van der Waals surface area contributed by atoms with Crippen LogP contribution in [0.4, 0.5) is 0 Å². The van der Waals surface area contributed by atoms with Crippen molar-refractivity contribution >= 4 is 17.7 Å². The zero-order valence-corrected chi connectivity index (χ0v) is 12.2. The lowest BCUT2D eigenvalue weighted by molar-refractivity contribution is -0.123. The van der Waals surface area contributed by atoms with E-state index in [9.17, 15) is 9.90 Å². The van der Waals surface area contributed by atoms with Gasteiger partial charge >= 0.3 is 0 Å². The van der Waals surface area contributed by atoms with Gasteiger partial charge < -0.3 is 10.4 Å². The number of carbonyl (C=O) groups excluding carboxylic acids is 1. The van der Waals surface area contributed by atoms with E-state index in [0.717, 1.165) is 6.42 Å². The lowest BCUT2D eigenvalue weighted by Gasteiger charge is -2.22. The predicted octanol–water partition coefficient (Wildman–Crippen LogP) is 2.02. The van der Waals surface area contributed by atoms with Crippen LogP contribution in [-0.4, -0.2) is 35.2 Å². The number of thioether (sulfide) groups is 1. The number of benzene rings is 1. The number of nitrogens with one attached hydrogen (secondary N) is 1. The molecule has 1 saturated carbocycles. The van der Waals surface area contributed by atoms with Crippen LogP contribution in [0.15, 0.2) is 30.3 Å². The molecule has 1 aliphatic carbocycles. The molecule has 0 spiro atoms. The van der Waals surface area contributed by atoms with E-state index in [0.29, 0.717) is 18.2 Å². The molecule has 1 aliphatic rings. The highest BCUT2D eigenvalue weighted by Gasteiger charge is 2.44. The van der Waals surface area contributed by atoms with E-state index in [2.05, 4.69) is 17.4 Å². The van der Waals surface area contributed by atoms with Crippen LogP contribution in [0.2, 0.25) is 0 Å². The van der Waals surface area contributed by atoms with E-state index in [1.165, 1.54) is 5.56 Å². The molecule has 0 aliphatic heterocycles. The van der Waals surface area contributed by atoms with Crippen molar-refractivity contribution in [3.05, 3.63) is 35.9 Å². The number of rotatable bonds is 6. The number of aliphatic hydroxyl groups is 1. The molecular formula is C15H21NO2S. The first-order valence-corrected chi connectivity index (χ1v) is 7.97. The van der Waals surface area contributed by atoms with Gasteiger partial charge in [-0.15, -0.1) is 0 Å². The summed E-state index contributed by atoms with van der Waals surface area (Å²) < 4.78 is 0.